The zero-order chi connectivity index (χ0) is 42.5. The molecule has 0 unspecified atom stereocenters. The van der Waals surface area contributed by atoms with Gasteiger partial charge in [-0.3, -0.25) is 14.1 Å². The van der Waals surface area contributed by atoms with Crippen molar-refractivity contribution in [2.75, 3.05) is 13.2 Å². The van der Waals surface area contributed by atoms with Gasteiger partial charge in [-0.15, -0.1) is 0 Å². The average molecular weight is 839 g/mol. The molecular weight excluding hydrogens is 748 g/mol. The Balaban J connectivity index is 3.86. The Kier molecular flexibility index (Phi) is 43.5. The molecule has 0 aliphatic carbocycles. The third-order valence-electron chi connectivity index (χ3n) is 10.7. The van der Waals surface area contributed by atoms with Gasteiger partial charge in [-0.25, -0.2) is 4.57 Å². The standard InChI is InChI=1S/C49H91O8P/c1-3-5-7-9-11-13-15-17-19-21-22-23-24-25-26-28-30-32-34-36-38-40-42-44-49(51)57-47(46-56-58(52,53)54)45-55-48(50)43-41-39-37-35-33-31-29-27-20-18-16-14-12-10-8-6-4-2/h18,20,29,31,35,37,47H,3-17,19,21-28,30,32-34,36,38-46H2,1-2H3,(H2,52,53,54)/b20-18+,31-29+,37-35+/t47-/m1/s1. The van der Waals surface area contributed by atoms with Gasteiger partial charge in [0.25, 0.3) is 0 Å². The van der Waals surface area contributed by atoms with Crippen molar-refractivity contribution in [2.45, 2.75) is 251 Å². The van der Waals surface area contributed by atoms with E-state index in [1.54, 1.807) is 0 Å². The number of allylic oxidation sites excluding steroid dienone is 6. The zero-order valence-electron chi connectivity index (χ0n) is 37.7. The number of carbonyl (C=O) groups excluding carboxylic acids is 2. The molecule has 9 heteroatoms. The summed E-state index contributed by atoms with van der Waals surface area (Å²) in [6, 6.07) is 0. The molecule has 58 heavy (non-hydrogen) atoms. The van der Waals surface area contributed by atoms with Crippen LogP contribution in [0.3, 0.4) is 0 Å². The smallest absolute Gasteiger partial charge is 0.462 e. The molecule has 0 heterocycles. The van der Waals surface area contributed by atoms with Gasteiger partial charge in [-0.2, -0.15) is 0 Å². The highest BCUT2D eigenvalue weighted by Crippen LogP contribution is 2.36. The Morgan fingerprint density at radius 2 is 0.793 bits per heavy atom. The van der Waals surface area contributed by atoms with Crippen molar-refractivity contribution < 1.29 is 37.9 Å². The van der Waals surface area contributed by atoms with Crippen LogP contribution in [0.4, 0.5) is 0 Å². The Morgan fingerprint density at radius 3 is 1.21 bits per heavy atom. The number of phosphoric acid groups is 1. The Morgan fingerprint density at radius 1 is 0.448 bits per heavy atom. The van der Waals surface area contributed by atoms with Crippen LogP contribution in [0.15, 0.2) is 36.5 Å². The SMILES string of the molecule is CCCCCCCC/C=C/C/C=C/C/C=C/CCCC(=O)OC[C@H](COP(=O)(O)O)OC(=O)CCCCCCCCCCCCCCCCCCCCCCCCC. The van der Waals surface area contributed by atoms with E-state index in [0.29, 0.717) is 12.8 Å². The van der Waals surface area contributed by atoms with E-state index in [1.165, 1.54) is 161 Å². The van der Waals surface area contributed by atoms with E-state index in [1.807, 2.05) is 6.08 Å². The molecule has 8 nitrogen and oxygen atoms in total. The second kappa shape index (κ2) is 44.8. The van der Waals surface area contributed by atoms with Gasteiger partial charge >= 0.3 is 19.8 Å². The lowest BCUT2D eigenvalue weighted by molar-refractivity contribution is -0.161. The summed E-state index contributed by atoms with van der Waals surface area (Å²) in [6.45, 7) is 3.67. The fourth-order valence-corrected chi connectivity index (χ4v) is 7.40. The summed E-state index contributed by atoms with van der Waals surface area (Å²) in [5.41, 5.74) is 0. The van der Waals surface area contributed by atoms with Gasteiger partial charge in [0.15, 0.2) is 6.10 Å². The van der Waals surface area contributed by atoms with E-state index in [9.17, 15) is 14.2 Å². The molecular formula is C49H91O8P. The van der Waals surface area contributed by atoms with Crippen molar-refractivity contribution in [1.29, 1.82) is 0 Å². The van der Waals surface area contributed by atoms with Crippen LogP contribution < -0.4 is 0 Å². The Labute approximate surface area is 357 Å². The largest absolute Gasteiger partial charge is 0.469 e. The number of carbonyl (C=O) groups is 2. The fraction of sp³-hybridized carbons (Fsp3) is 0.837. The van der Waals surface area contributed by atoms with Crippen LogP contribution in [0.1, 0.15) is 245 Å². The van der Waals surface area contributed by atoms with Crippen molar-refractivity contribution >= 4 is 19.8 Å². The fourth-order valence-electron chi connectivity index (χ4n) is 7.04. The van der Waals surface area contributed by atoms with Crippen LogP contribution in [0.2, 0.25) is 0 Å². The van der Waals surface area contributed by atoms with Crippen molar-refractivity contribution in [3.63, 3.8) is 0 Å². The molecule has 0 saturated carbocycles. The first-order valence-electron chi connectivity index (χ1n) is 24.3. The average Bonchev–Trinajstić information content (AvgIpc) is 3.20. The van der Waals surface area contributed by atoms with Gasteiger partial charge in [0.2, 0.25) is 0 Å². The first-order chi connectivity index (χ1) is 28.3. The summed E-state index contributed by atoms with van der Waals surface area (Å²) < 4.78 is 26.4. The molecule has 0 saturated heterocycles. The van der Waals surface area contributed by atoms with E-state index >= 15 is 0 Å². The van der Waals surface area contributed by atoms with E-state index < -0.39 is 32.5 Å². The number of hydrogen-bond acceptors (Lipinski definition) is 6. The van der Waals surface area contributed by atoms with Crippen LogP contribution in [-0.4, -0.2) is 41.0 Å². The van der Waals surface area contributed by atoms with E-state index in [-0.39, 0.29) is 19.4 Å². The molecule has 1 atom stereocenters. The van der Waals surface area contributed by atoms with Crippen LogP contribution in [-0.2, 0) is 28.2 Å². The normalized spacial score (nSPS) is 12.7. The van der Waals surface area contributed by atoms with Crippen molar-refractivity contribution in [2.24, 2.45) is 0 Å². The first kappa shape index (κ1) is 56.3. The molecule has 0 bridgehead atoms. The second-order valence-corrected chi connectivity index (χ2v) is 17.7. The molecule has 0 rings (SSSR count). The lowest BCUT2D eigenvalue weighted by Crippen LogP contribution is -2.29. The topological polar surface area (TPSA) is 119 Å². The van der Waals surface area contributed by atoms with E-state index in [0.717, 1.165) is 44.9 Å². The molecule has 0 aromatic carbocycles. The van der Waals surface area contributed by atoms with Gasteiger partial charge in [0, 0.05) is 12.8 Å². The third-order valence-corrected chi connectivity index (χ3v) is 11.1. The molecule has 0 amide bonds. The van der Waals surface area contributed by atoms with Crippen LogP contribution in [0.5, 0.6) is 0 Å². The molecule has 340 valence electrons. The Bertz CT molecular complexity index is 1040. The maximum atomic E-state index is 12.5. The van der Waals surface area contributed by atoms with Crippen molar-refractivity contribution in [3.8, 4) is 0 Å². The summed E-state index contributed by atoms with van der Waals surface area (Å²) in [6.07, 6.45) is 54.6. The molecule has 0 aromatic heterocycles. The molecule has 0 fully saturated rings. The molecule has 0 spiro atoms. The van der Waals surface area contributed by atoms with Gasteiger partial charge < -0.3 is 19.3 Å². The van der Waals surface area contributed by atoms with Crippen molar-refractivity contribution in [3.05, 3.63) is 36.5 Å². The zero-order valence-corrected chi connectivity index (χ0v) is 38.6. The van der Waals surface area contributed by atoms with Gasteiger partial charge in [0.1, 0.15) is 6.61 Å². The summed E-state index contributed by atoms with van der Waals surface area (Å²) in [5.74, 6) is -0.935. The first-order valence-corrected chi connectivity index (χ1v) is 25.8. The highest BCUT2D eigenvalue weighted by atomic mass is 31.2. The predicted octanol–water partition coefficient (Wildman–Crippen LogP) is 15.3. The van der Waals surface area contributed by atoms with Gasteiger partial charge in [-0.1, -0.05) is 224 Å². The highest BCUT2D eigenvalue weighted by molar-refractivity contribution is 7.46. The quantitative estimate of drug-likeness (QED) is 0.0269. The van der Waals surface area contributed by atoms with Crippen LogP contribution in [0, 0.1) is 0 Å². The number of ether oxygens (including phenoxy) is 2. The van der Waals surface area contributed by atoms with E-state index in [4.69, 9.17) is 19.3 Å². The van der Waals surface area contributed by atoms with Gasteiger partial charge in [-0.05, 0) is 44.9 Å². The Hall–Kier alpha value is -1.73. The number of rotatable bonds is 45. The lowest BCUT2D eigenvalue weighted by atomic mass is 10.0. The molecule has 0 aliphatic heterocycles. The number of hydrogen-bond donors (Lipinski definition) is 2. The minimum absolute atomic E-state index is 0.198. The minimum Gasteiger partial charge on any atom is -0.462 e. The molecule has 2 N–H and O–H groups in total. The molecule has 0 radical (unpaired) electrons. The molecule has 0 aromatic rings. The van der Waals surface area contributed by atoms with Gasteiger partial charge in [0.05, 0.1) is 6.61 Å². The molecule has 0 aliphatic rings. The maximum Gasteiger partial charge on any atom is 0.469 e. The number of unbranched alkanes of at least 4 members (excludes halogenated alkanes) is 29. The monoisotopic (exact) mass is 839 g/mol. The second-order valence-electron chi connectivity index (χ2n) is 16.4. The lowest BCUT2D eigenvalue weighted by Gasteiger charge is -2.18. The highest BCUT2D eigenvalue weighted by Gasteiger charge is 2.22. The summed E-state index contributed by atoms with van der Waals surface area (Å²) in [4.78, 5) is 43.0. The number of phosphoric ester groups is 1. The minimum atomic E-state index is -4.77. The maximum absolute atomic E-state index is 12.5. The van der Waals surface area contributed by atoms with E-state index in [2.05, 4.69) is 48.8 Å². The predicted molar refractivity (Wildman–Crippen MR) is 244 cm³/mol. The number of esters is 2. The van der Waals surface area contributed by atoms with Crippen LogP contribution >= 0.6 is 7.82 Å². The van der Waals surface area contributed by atoms with Crippen LogP contribution in [0.25, 0.3) is 0 Å². The summed E-state index contributed by atoms with van der Waals surface area (Å²) >= 11 is 0. The third kappa shape index (κ3) is 47.0. The van der Waals surface area contributed by atoms with Crippen molar-refractivity contribution in [1.82, 2.24) is 0 Å². The summed E-state index contributed by atoms with van der Waals surface area (Å²) in [7, 11) is -4.77. The summed E-state index contributed by atoms with van der Waals surface area (Å²) in [5, 5.41) is 0.